The summed E-state index contributed by atoms with van der Waals surface area (Å²) in [6.07, 6.45) is 2.03. The van der Waals surface area contributed by atoms with Crippen molar-refractivity contribution in [2.45, 2.75) is 45.2 Å². The van der Waals surface area contributed by atoms with Crippen molar-refractivity contribution in [2.75, 3.05) is 19.4 Å². The van der Waals surface area contributed by atoms with Gasteiger partial charge in [0.15, 0.2) is 0 Å². The van der Waals surface area contributed by atoms with Gasteiger partial charge in [-0.05, 0) is 41.1 Å². The van der Waals surface area contributed by atoms with E-state index < -0.39 is 6.04 Å². The van der Waals surface area contributed by atoms with Gasteiger partial charge in [0.05, 0.1) is 6.42 Å². The van der Waals surface area contributed by atoms with Gasteiger partial charge in [-0.15, -0.1) is 11.3 Å². The lowest BCUT2D eigenvalue weighted by atomic mass is 9.92. The van der Waals surface area contributed by atoms with Crippen LogP contribution in [0.2, 0.25) is 0 Å². The van der Waals surface area contributed by atoms with Gasteiger partial charge in [0.1, 0.15) is 6.04 Å². The second-order valence-electron chi connectivity index (χ2n) is 7.51. The Labute approximate surface area is 175 Å². The van der Waals surface area contributed by atoms with Gasteiger partial charge in [-0.25, -0.2) is 0 Å². The fourth-order valence-electron chi connectivity index (χ4n) is 3.56. The quantitative estimate of drug-likeness (QED) is 0.791. The fraction of sp³-hybridized carbons (Fsp3) is 0.409. The molecular formula is C22H27N3O3S. The van der Waals surface area contributed by atoms with Crippen LogP contribution in [0.4, 0.5) is 5.69 Å². The van der Waals surface area contributed by atoms with E-state index in [1.54, 1.807) is 35.2 Å². The predicted molar refractivity (Wildman–Crippen MR) is 115 cm³/mol. The van der Waals surface area contributed by atoms with E-state index >= 15 is 0 Å². The van der Waals surface area contributed by atoms with Crippen molar-refractivity contribution in [3.8, 4) is 0 Å². The summed E-state index contributed by atoms with van der Waals surface area (Å²) in [5, 5.41) is 4.86. The number of carbonyl (C=O) groups is 3. The van der Waals surface area contributed by atoms with Crippen molar-refractivity contribution in [1.82, 2.24) is 9.80 Å². The molecule has 0 bridgehead atoms. The third-order valence-electron chi connectivity index (χ3n) is 5.05. The van der Waals surface area contributed by atoms with Gasteiger partial charge in [-0.3, -0.25) is 14.4 Å². The normalized spacial score (nSPS) is 15.6. The van der Waals surface area contributed by atoms with Gasteiger partial charge in [0, 0.05) is 44.0 Å². The number of nitrogens with one attached hydrogen (secondary N) is 1. The van der Waals surface area contributed by atoms with Crippen LogP contribution in [0.3, 0.4) is 0 Å². The molecule has 1 unspecified atom stereocenters. The SMILES string of the molecule is CCCC(=O)Nc1ccc2c(c1)CN(C(=O)Cc1cccs1)C(C(=O)N(C)C)C2. The fourth-order valence-corrected chi connectivity index (χ4v) is 4.25. The number of rotatable bonds is 6. The Kier molecular flexibility index (Phi) is 6.69. The Hall–Kier alpha value is -2.67. The molecule has 1 atom stereocenters. The van der Waals surface area contributed by atoms with Crippen molar-refractivity contribution in [1.29, 1.82) is 0 Å². The van der Waals surface area contributed by atoms with Crippen LogP contribution in [0.15, 0.2) is 35.7 Å². The number of anilines is 1. The van der Waals surface area contributed by atoms with Crippen LogP contribution in [0, 0.1) is 0 Å². The number of benzene rings is 1. The van der Waals surface area contributed by atoms with Crippen molar-refractivity contribution >= 4 is 34.7 Å². The van der Waals surface area contributed by atoms with Crippen molar-refractivity contribution < 1.29 is 14.4 Å². The lowest BCUT2D eigenvalue weighted by molar-refractivity contribution is -0.145. The molecule has 3 rings (SSSR count). The number of fused-ring (bicyclic) bond motifs is 1. The number of thiophene rings is 1. The maximum atomic E-state index is 13.1. The van der Waals surface area contributed by atoms with Crippen molar-refractivity contribution in [3.63, 3.8) is 0 Å². The summed E-state index contributed by atoms with van der Waals surface area (Å²) in [6.45, 7) is 2.33. The molecule has 7 heteroatoms. The molecule has 0 radical (unpaired) electrons. The van der Waals surface area contributed by atoms with Crippen LogP contribution in [0.5, 0.6) is 0 Å². The summed E-state index contributed by atoms with van der Waals surface area (Å²) in [4.78, 5) is 42.0. The average molecular weight is 414 g/mol. The zero-order valence-electron chi connectivity index (χ0n) is 17.1. The van der Waals surface area contributed by atoms with Crippen LogP contribution in [-0.4, -0.2) is 47.7 Å². The molecule has 1 aliphatic rings. The molecule has 1 aromatic heterocycles. The summed E-state index contributed by atoms with van der Waals surface area (Å²) in [6, 6.07) is 9.09. The van der Waals surface area contributed by atoms with Crippen LogP contribution >= 0.6 is 11.3 Å². The van der Waals surface area contributed by atoms with Crippen molar-refractivity contribution in [2.24, 2.45) is 0 Å². The van der Waals surface area contributed by atoms with E-state index in [2.05, 4.69) is 5.32 Å². The smallest absolute Gasteiger partial charge is 0.245 e. The molecule has 0 saturated heterocycles. The Morgan fingerprint density at radius 3 is 2.66 bits per heavy atom. The Balaban J connectivity index is 1.85. The molecule has 3 amide bonds. The summed E-state index contributed by atoms with van der Waals surface area (Å²) in [5.41, 5.74) is 2.74. The van der Waals surface area contributed by atoms with E-state index in [1.165, 1.54) is 0 Å². The number of amides is 3. The molecule has 0 aliphatic carbocycles. The summed E-state index contributed by atoms with van der Waals surface area (Å²) in [7, 11) is 3.43. The Morgan fingerprint density at radius 2 is 2.00 bits per heavy atom. The van der Waals surface area contributed by atoms with E-state index in [9.17, 15) is 14.4 Å². The summed E-state index contributed by atoms with van der Waals surface area (Å²) in [5.74, 6) is -0.149. The molecule has 2 aromatic rings. The van der Waals surface area contributed by atoms with E-state index in [0.717, 1.165) is 28.1 Å². The molecular weight excluding hydrogens is 386 g/mol. The van der Waals surface area contributed by atoms with E-state index in [4.69, 9.17) is 0 Å². The maximum absolute atomic E-state index is 13.1. The molecule has 2 heterocycles. The van der Waals surface area contributed by atoms with Gasteiger partial charge in [-0.1, -0.05) is 19.1 Å². The highest BCUT2D eigenvalue weighted by atomic mass is 32.1. The molecule has 29 heavy (non-hydrogen) atoms. The number of nitrogens with zero attached hydrogens (tertiary/aromatic N) is 2. The molecule has 0 fully saturated rings. The standard InChI is InChI=1S/C22H27N3O3S/c1-4-6-20(26)23-17-9-8-15-12-19(22(28)24(2)3)25(14-16(15)11-17)21(27)13-18-7-5-10-29-18/h5,7-11,19H,4,6,12-14H2,1-3H3,(H,23,26). The maximum Gasteiger partial charge on any atom is 0.245 e. The first-order chi connectivity index (χ1) is 13.9. The third-order valence-corrected chi connectivity index (χ3v) is 5.93. The number of hydrogen-bond acceptors (Lipinski definition) is 4. The minimum Gasteiger partial charge on any atom is -0.347 e. The van der Waals surface area contributed by atoms with E-state index in [0.29, 0.717) is 19.4 Å². The number of carbonyl (C=O) groups excluding carboxylic acids is 3. The van der Waals surface area contributed by atoms with Crippen molar-refractivity contribution in [3.05, 3.63) is 51.7 Å². The highest BCUT2D eigenvalue weighted by Crippen LogP contribution is 2.28. The Bertz CT molecular complexity index is 893. The molecule has 0 saturated carbocycles. The first kappa shape index (κ1) is 21.0. The minimum absolute atomic E-state index is 0.0189. The van der Waals surface area contributed by atoms with Gasteiger partial charge >= 0.3 is 0 Å². The van der Waals surface area contributed by atoms with E-state index in [-0.39, 0.29) is 24.1 Å². The Morgan fingerprint density at radius 1 is 1.21 bits per heavy atom. The first-order valence-corrected chi connectivity index (χ1v) is 10.7. The average Bonchev–Trinajstić information content (AvgIpc) is 3.19. The zero-order chi connectivity index (χ0) is 21.0. The van der Waals surface area contributed by atoms with Crippen LogP contribution in [-0.2, 0) is 33.8 Å². The minimum atomic E-state index is -0.509. The van der Waals surface area contributed by atoms with Gasteiger partial charge < -0.3 is 15.1 Å². The van der Waals surface area contributed by atoms with Crippen LogP contribution < -0.4 is 5.32 Å². The second-order valence-corrected chi connectivity index (χ2v) is 8.54. The lowest BCUT2D eigenvalue weighted by Crippen LogP contribution is -2.52. The molecule has 0 spiro atoms. The highest BCUT2D eigenvalue weighted by Gasteiger charge is 2.35. The second kappa shape index (κ2) is 9.22. The van der Waals surface area contributed by atoms with Crippen LogP contribution in [0.1, 0.15) is 35.8 Å². The summed E-state index contributed by atoms with van der Waals surface area (Å²) < 4.78 is 0. The molecule has 1 aliphatic heterocycles. The first-order valence-electron chi connectivity index (χ1n) is 9.83. The number of likely N-dealkylation sites (N-methyl/N-ethyl adjacent to an activating group) is 1. The third kappa shape index (κ3) is 5.03. The van der Waals surface area contributed by atoms with E-state index in [1.807, 2.05) is 42.6 Å². The largest absolute Gasteiger partial charge is 0.347 e. The molecule has 1 aromatic carbocycles. The molecule has 6 nitrogen and oxygen atoms in total. The highest BCUT2D eigenvalue weighted by molar-refractivity contribution is 7.10. The topological polar surface area (TPSA) is 69.7 Å². The number of hydrogen-bond donors (Lipinski definition) is 1. The summed E-state index contributed by atoms with van der Waals surface area (Å²) >= 11 is 1.54. The zero-order valence-corrected chi connectivity index (χ0v) is 17.9. The molecule has 1 N–H and O–H groups in total. The molecule has 154 valence electrons. The lowest BCUT2D eigenvalue weighted by Gasteiger charge is -2.37. The predicted octanol–water partition coefficient (Wildman–Crippen LogP) is 3.07. The van der Waals surface area contributed by atoms with Gasteiger partial charge in [0.25, 0.3) is 0 Å². The van der Waals surface area contributed by atoms with Crippen LogP contribution in [0.25, 0.3) is 0 Å². The monoisotopic (exact) mass is 413 g/mol. The van der Waals surface area contributed by atoms with Gasteiger partial charge in [0.2, 0.25) is 17.7 Å². The van der Waals surface area contributed by atoms with Gasteiger partial charge in [-0.2, -0.15) is 0 Å².